The van der Waals surface area contributed by atoms with Gasteiger partial charge < -0.3 is 19.0 Å². The number of carbonyl (C=O) groups is 1. The van der Waals surface area contributed by atoms with Crippen molar-refractivity contribution < 1.29 is 22.9 Å². The molecule has 1 N–H and O–H groups in total. The van der Waals surface area contributed by atoms with Crippen molar-refractivity contribution in [2.24, 2.45) is 0 Å². The van der Waals surface area contributed by atoms with E-state index >= 15 is 0 Å². The zero-order valence-electron chi connectivity index (χ0n) is 17.4. The van der Waals surface area contributed by atoms with Gasteiger partial charge in [0.2, 0.25) is 5.91 Å². The molecule has 158 valence electrons. The third kappa shape index (κ3) is 4.35. The van der Waals surface area contributed by atoms with Crippen LogP contribution in [0.4, 0.5) is 10.2 Å². The van der Waals surface area contributed by atoms with Crippen LogP contribution in [0.25, 0.3) is 27.7 Å². The second kappa shape index (κ2) is 8.47. The Hall–Kier alpha value is -3.87. The Balaban J connectivity index is 1.73. The minimum atomic E-state index is -0.334. The maximum absolute atomic E-state index is 13.3. The van der Waals surface area contributed by atoms with Crippen LogP contribution in [0.1, 0.15) is 25.2 Å². The third-order valence-electron chi connectivity index (χ3n) is 4.78. The molecule has 0 fully saturated rings. The molecule has 0 unspecified atom stereocenters. The molecular formula is C24H21FN2O4. The fraction of sp³-hybridized carbons (Fsp3) is 0.167. The van der Waals surface area contributed by atoms with Crippen molar-refractivity contribution in [3.63, 3.8) is 0 Å². The number of nitrogens with zero attached hydrogens (tertiary/aromatic N) is 1. The van der Waals surface area contributed by atoms with E-state index in [2.05, 4.69) is 10.5 Å². The van der Waals surface area contributed by atoms with E-state index in [0.29, 0.717) is 35.1 Å². The molecule has 4 rings (SSSR count). The molecule has 6 nitrogen and oxygen atoms in total. The van der Waals surface area contributed by atoms with Crippen molar-refractivity contribution >= 4 is 28.3 Å². The van der Waals surface area contributed by atoms with Gasteiger partial charge >= 0.3 is 0 Å². The predicted octanol–water partition coefficient (Wildman–Crippen LogP) is 5.98. The average molecular weight is 420 g/mol. The second-order valence-corrected chi connectivity index (χ2v) is 7.07. The number of ether oxygens (including phenoxy) is 1. The summed E-state index contributed by atoms with van der Waals surface area (Å²) in [5.41, 5.74) is 3.76. The van der Waals surface area contributed by atoms with Crippen molar-refractivity contribution in [2.75, 3.05) is 11.9 Å². The zero-order valence-corrected chi connectivity index (χ0v) is 17.4. The first-order chi connectivity index (χ1) is 14.9. The molecule has 0 aliphatic heterocycles. The largest absolute Gasteiger partial charge is 0.493 e. The molecule has 0 aliphatic rings. The van der Waals surface area contributed by atoms with Crippen molar-refractivity contribution in [1.29, 1.82) is 0 Å². The van der Waals surface area contributed by atoms with Gasteiger partial charge in [-0.05, 0) is 50.1 Å². The summed E-state index contributed by atoms with van der Waals surface area (Å²) in [6.45, 7) is 5.92. The highest BCUT2D eigenvalue weighted by Gasteiger charge is 2.15. The Morgan fingerprint density at radius 2 is 2.00 bits per heavy atom. The molecule has 1 amide bonds. The van der Waals surface area contributed by atoms with E-state index in [1.807, 2.05) is 19.9 Å². The quantitative estimate of drug-likeness (QED) is 0.389. The molecule has 31 heavy (non-hydrogen) atoms. The summed E-state index contributed by atoms with van der Waals surface area (Å²) in [6, 6.07) is 11.6. The van der Waals surface area contributed by atoms with Crippen LogP contribution in [0.15, 0.2) is 63.7 Å². The summed E-state index contributed by atoms with van der Waals surface area (Å²) in [5.74, 6) is 0.921. The van der Waals surface area contributed by atoms with Crippen LogP contribution >= 0.6 is 0 Å². The molecule has 2 heterocycles. The lowest BCUT2D eigenvalue weighted by Gasteiger charge is -2.11. The van der Waals surface area contributed by atoms with Crippen molar-refractivity contribution in [2.45, 2.75) is 20.8 Å². The first kappa shape index (κ1) is 20.4. The fourth-order valence-electron chi connectivity index (χ4n) is 3.35. The maximum Gasteiger partial charge on any atom is 0.249 e. The molecule has 0 radical (unpaired) electrons. The number of halogens is 1. The van der Waals surface area contributed by atoms with E-state index in [9.17, 15) is 9.18 Å². The lowest BCUT2D eigenvalue weighted by Crippen LogP contribution is -2.09. The Morgan fingerprint density at radius 3 is 2.68 bits per heavy atom. The van der Waals surface area contributed by atoms with E-state index in [0.717, 1.165) is 22.1 Å². The number of carbonyl (C=O) groups excluding carboxylic acids is 1. The minimum Gasteiger partial charge on any atom is -0.493 e. The summed E-state index contributed by atoms with van der Waals surface area (Å²) in [6.07, 6.45) is 3.11. The SMILES string of the molecule is CCOc1cc2occ(-c3ccc(F)cc3)c2cc1/C(C)=C/C(=O)Nc1cc(C)on1. The summed E-state index contributed by atoms with van der Waals surface area (Å²) in [5, 5.41) is 7.28. The number of amides is 1. The number of hydrogen-bond acceptors (Lipinski definition) is 5. The molecule has 0 aliphatic carbocycles. The van der Waals surface area contributed by atoms with Gasteiger partial charge in [-0.1, -0.05) is 17.3 Å². The molecule has 0 atom stereocenters. The number of furan rings is 1. The molecular weight excluding hydrogens is 399 g/mol. The topological polar surface area (TPSA) is 77.5 Å². The van der Waals surface area contributed by atoms with Gasteiger partial charge in [0.15, 0.2) is 5.82 Å². The van der Waals surface area contributed by atoms with Crippen LogP contribution in [0.5, 0.6) is 5.75 Å². The lowest BCUT2D eigenvalue weighted by molar-refractivity contribution is -0.111. The molecule has 0 bridgehead atoms. The van der Waals surface area contributed by atoms with Crippen LogP contribution in [0.3, 0.4) is 0 Å². The van der Waals surface area contributed by atoms with Crippen molar-refractivity contribution in [3.05, 3.63) is 71.9 Å². The molecule has 0 saturated carbocycles. The number of rotatable bonds is 6. The van der Waals surface area contributed by atoms with E-state index in [-0.39, 0.29) is 11.7 Å². The van der Waals surface area contributed by atoms with Crippen molar-refractivity contribution in [1.82, 2.24) is 5.16 Å². The normalized spacial score (nSPS) is 11.7. The van der Waals surface area contributed by atoms with Gasteiger partial charge in [-0.2, -0.15) is 0 Å². The molecule has 4 aromatic rings. The van der Waals surface area contributed by atoms with E-state index in [1.165, 1.54) is 18.2 Å². The number of aryl methyl sites for hydroxylation is 1. The fourth-order valence-corrected chi connectivity index (χ4v) is 3.35. The van der Waals surface area contributed by atoms with Gasteiger partial charge in [0.25, 0.3) is 0 Å². The van der Waals surface area contributed by atoms with Gasteiger partial charge in [0.05, 0.1) is 12.9 Å². The number of fused-ring (bicyclic) bond motifs is 1. The summed E-state index contributed by atoms with van der Waals surface area (Å²) in [4.78, 5) is 12.4. The average Bonchev–Trinajstić information content (AvgIpc) is 3.33. The smallest absolute Gasteiger partial charge is 0.249 e. The highest BCUT2D eigenvalue weighted by atomic mass is 19.1. The Kier molecular flexibility index (Phi) is 5.58. The van der Waals surface area contributed by atoms with Crippen LogP contribution < -0.4 is 10.1 Å². The minimum absolute atomic E-state index is 0.303. The number of benzene rings is 2. The van der Waals surface area contributed by atoms with Crippen LogP contribution in [0, 0.1) is 12.7 Å². The highest BCUT2D eigenvalue weighted by molar-refractivity contribution is 6.05. The monoisotopic (exact) mass is 420 g/mol. The van der Waals surface area contributed by atoms with Gasteiger partial charge in [-0.25, -0.2) is 4.39 Å². The van der Waals surface area contributed by atoms with Crippen LogP contribution in [-0.4, -0.2) is 17.7 Å². The number of aromatic nitrogens is 1. The van der Waals surface area contributed by atoms with Gasteiger partial charge in [0.1, 0.15) is 22.9 Å². The van der Waals surface area contributed by atoms with Gasteiger partial charge in [0, 0.05) is 34.7 Å². The van der Waals surface area contributed by atoms with Crippen molar-refractivity contribution in [3.8, 4) is 16.9 Å². The zero-order chi connectivity index (χ0) is 22.0. The standard InChI is InChI=1S/C24H21FN2O4/c1-4-29-21-12-22-19(20(13-30-22)16-5-7-17(25)8-6-16)11-18(21)14(2)9-24(28)26-23-10-15(3)31-27-23/h5-13H,4H2,1-3H3,(H,26,27,28)/b14-9+. The van der Waals surface area contributed by atoms with E-state index in [4.69, 9.17) is 13.7 Å². The summed E-state index contributed by atoms with van der Waals surface area (Å²) in [7, 11) is 0. The summed E-state index contributed by atoms with van der Waals surface area (Å²) >= 11 is 0. The number of nitrogens with one attached hydrogen (secondary N) is 1. The third-order valence-corrected chi connectivity index (χ3v) is 4.78. The first-order valence-corrected chi connectivity index (χ1v) is 9.81. The molecule has 0 saturated heterocycles. The highest BCUT2D eigenvalue weighted by Crippen LogP contribution is 2.37. The molecule has 7 heteroatoms. The lowest BCUT2D eigenvalue weighted by atomic mass is 9.99. The van der Waals surface area contributed by atoms with Gasteiger partial charge in [-0.15, -0.1) is 0 Å². The molecule has 2 aromatic heterocycles. The predicted molar refractivity (Wildman–Crippen MR) is 116 cm³/mol. The Bertz CT molecular complexity index is 1270. The van der Waals surface area contributed by atoms with Crippen LogP contribution in [0.2, 0.25) is 0 Å². The molecule has 2 aromatic carbocycles. The number of hydrogen-bond donors (Lipinski definition) is 1. The first-order valence-electron chi connectivity index (χ1n) is 9.81. The molecule has 0 spiro atoms. The van der Waals surface area contributed by atoms with E-state index in [1.54, 1.807) is 37.5 Å². The number of anilines is 1. The van der Waals surface area contributed by atoms with Gasteiger partial charge in [-0.3, -0.25) is 4.79 Å². The second-order valence-electron chi connectivity index (χ2n) is 7.07. The summed E-state index contributed by atoms with van der Waals surface area (Å²) < 4.78 is 29.8. The van der Waals surface area contributed by atoms with Crippen LogP contribution in [-0.2, 0) is 4.79 Å². The maximum atomic E-state index is 13.3. The number of allylic oxidation sites excluding steroid dienone is 1. The Morgan fingerprint density at radius 1 is 1.23 bits per heavy atom. The van der Waals surface area contributed by atoms with E-state index < -0.39 is 0 Å². The Labute approximate surface area is 178 Å².